The van der Waals surface area contributed by atoms with Crippen molar-refractivity contribution in [2.24, 2.45) is 0 Å². The molecule has 0 fully saturated rings. The molecule has 0 saturated heterocycles. The minimum Gasteiger partial charge on any atom is -0.489 e. The van der Waals surface area contributed by atoms with Crippen LogP contribution in [0.15, 0.2) is 48.5 Å². The lowest BCUT2D eigenvalue weighted by Gasteiger charge is -2.14. The smallest absolute Gasteiger partial charge is 0.123 e. The molecular formula is C15H13ClN5O-. The highest BCUT2D eigenvalue weighted by molar-refractivity contribution is 6.30. The van der Waals surface area contributed by atoms with Crippen molar-refractivity contribution < 1.29 is 4.74 Å². The number of aromatic amines is 1. The maximum absolute atomic E-state index is 6.05. The van der Waals surface area contributed by atoms with Gasteiger partial charge < -0.3 is 10.1 Å². The highest BCUT2D eigenvalue weighted by Gasteiger charge is 2.05. The van der Waals surface area contributed by atoms with Crippen LogP contribution in [0.4, 0.5) is 5.95 Å². The standard InChI is InChI=1S/C15H13ClN5O/c16-13-6-7-14(22-10-11-4-2-1-3-5-11)12(8-13)9-17-15-18-20-21-19-15/h1-8H,9-10H2,(H-,17,18,19,20,21)/q-1. The number of tetrazole rings is 1. The first-order valence-electron chi connectivity index (χ1n) is 6.67. The quantitative estimate of drug-likeness (QED) is 0.753. The molecule has 0 saturated carbocycles. The van der Waals surface area contributed by atoms with Gasteiger partial charge in [-0.25, -0.2) is 0 Å². The van der Waals surface area contributed by atoms with Crippen LogP contribution >= 0.6 is 11.6 Å². The second-order valence-corrected chi connectivity index (χ2v) is 4.99. The molecule has 112 valence electrons. The van der Waals surface area contributed by atoms with Crippen molar-refractivity contribution in [1.82, 2.24) is 20.6 Å². The van der Waals surface area contributed by atoms with Crippen molar-refractivity contribution in [3.8, 4) is 5.75 Å². The Bertz CT molecular complexity index is 718. The molecule has 1 heterocycles. The number of H-pyrrole nitrogens is 1. The van der Waals surface area contributed by atoms with E-state index < -0.39 is 0 Å². The van der Waals surface area contributed by atoms with Crippen molar-refractivity contribution in [3.63, 3.8) is 0 Å². The number of aromatic nitrogens is 4. The Labute approximate surface area is 132 Å². The van der Waals surface area contributed by atoms with E-state index in [4.69, 9.17) is 16.3 Å². The number of ether oxygens (including phenoxy) is 1. The van der Waals surface area contributed by atoms with Gasteiger partial charge in [-0.05, 0) is 23.8 Å². The molecule has 0 aliphatic rings. The van der Waals surface area contributed by atoms with Gasteiger partial charge in [0, 0.05) is 17.1 Å². The van der Waals surface area contributed by atoms with E-state index in [2.05, 4.69) is 25.9 Å². The van der Waals surface area contributed by atoms with E-state index in [-0.39, 0.29) is 0 Å². The van der Waals surface area contributed by atoms with Gasteiger partial charge in [0.25, 0.3) is 0 Å². The molecule has 0 aliphatic carbocycles. The summed E-state index contributed by atoms with van der Waals surface area (Å²) in [4.78, 5) is 0. The fraction of sp³-hybridized carbons (Fsp3) is 0.133. The van der Waals surface area contributed by atoms with Crippen LogP contribution in [0, 0.1) is 0 Å². The Balaban J connectivity index is 1.70. The lowest BCUT2D eigenvalue weighted by atomic mass is 10.2. The summed E-state index contributed by atoms with van der Waals surface area (Å²) in [6, 6.07) is 15.4. The number of nitrogens with one attached hydrogen (secondary N) is 1. The number of benzene rings is 2. The molecule has 1 N–H and O–H groups in total. The maximum Gasteiger partial charge on any atom is 0.123 e. The monoisotopic (exact) mass is 314 g/mol. The van der Waals surface area contributed by atoms with E-state index in [0.29, 0.717) is 24.1 Å². The number of halogens is 1. The van der Waals surface area contributed by atoms with E-state index >= 15 is 0 Å². The van der Waals surface area contributed by atoms with Crippen LogP contribution in [0.2, 0.25) is 5.02 Å². The number of rotatable bonds is 6. The van der Waals surface area contributed by atoms with Crippen LogP contribution in [0.1, 0.15) is 11.1 Å². The summed E-state index contributed by atoms with van der Waals surface area (Å²) >= 11 is 6.05. The van der Waals surface area contributed by atoms with Gasteiger partial charge in [-0.2, -0.15) is 0 Å². The average molecular weight is 315 g/mol. The molecule has 3 rings (SSSR count). The van der Waals surface area contributed by atoms with Crippen molar-refractivity contribution in [2.75, 3.05) is 0 Å². The maximum atomic E-state index is 6.05. The highest BCUT2D eigenvalue weighted by Crippen LogP contribution is 2.27. The van der Waals surface area contributed by atoms with Crippen LogP contribution in [0.3, 0.4) is 0 Å². The van der Waals surface area contributed by atoms with E-state index in [9.17, 15) is 0 Å². The molecule has 22 heavy (non-hydrogen) atoms. The molecule has 0 aliphatic heterocycles. The minimum atomic E-state index is 0.300. The number of hydrogen-bond donors (Lipinski definition) is 1. The van der Waals surface area contributed by atoms with Gasteiger partial charge in [0.1, 0.15) is 12.4 Å². The molecule has 6 nitrogen and oxygen atoms in total. The fourth-order valence-electron chi connectivity index (χ4n) is 1.93. The molecule has 7 heteroatoms. The van der Waals surface area contributed by atoms with Crippen LogP contribution in [0.5, 0.6) is 5.75 Å². The van der Waals surface area contributed by atoms with Crippen molar-refractivity contribution in [1.29, 1.82) is 0 Å². The Morgan fingerprint density at radius 2 is 2.00 bits per heavy atom. The summed E-state index contributed by atoms with van der Waals surface area (Å²) < 4.78 is 5.87. The van der Waals surface area contributed by atoms with Gasteiger partial charge in [-0.3, -0.25) is 15.4 Å². The third-order valence-electron chi connectivity index (χ3n) is 2.98. The SMILES string of the molecule is Clc1ccc(OCc2ccccc2)c(C[N-]c2nn[nH]n2)c1. The topological polar surface area (TPSA) is 77.8 Å². The van der Waals surface area contributed by atoms with Gasteiger partial charge >= 0.3 is 0 Å². The number of hydrogen-bond acceptors (Lipinski definition) is 4. The summed E-state index contributed by atoms with van der Waals surface area (Å²) in [7, 11) is 0. The molecule has 0 spiro atoms. The van der Waals surface area contributed by atoms with Gasteiger partial charge in [-0.15, -0.1) is 5.21 Å². The van der Waals surface area contributed by atoms with Gasteiger partial charge in [0.2, 0.25) is 0 Å². The summed E-state index contributed by atoms with van der Waals surface area (Å²) in [5.41, 5.74) is 1.96. The van der Waals surface area contributed by atoms with Gasteiger partial charge in [0.05, 0.1) is 5.95 Å². The second-order valence-electron chi connectivity index (χ2n) is 4.55. The Hall–Kier alpha value is -2.60. The number of nitrogens with zero attached hydrogens (tertiary/aromatic N) is 4. The fourth-order valence-corrected chi connectivity index (χ4v) is 2.12. The van der Waals surface area contributed by atoms with Crippen LogP contribution in [-0.2, 0) is 13.2 Å². The van der Waals surface area contributed by atoms with Gasteiger partial charge in [-0.1, -0.05) is 41.9 Å². The van der Waals surface area contributed by atoms with Crippen molar-refractivity contribution >= 4 is 17.5 Å². The lowest BCUT2D eigenvalue weighted by Crippen LogP contribution is -1.98. The molecule has 2 aromatic carbocycles. The molecule has 0 radical (unpaired) electrons. The third-order valence-corrected chi connectivity index (χ3v) is 3.22. The average Bonchev–Trinajstić information content (AvgIpc) is 3.06. The largest absolute Gasteiger partial charge is 0.489 e. The lowest BCUT2D eigenvalue weighted by molar-refractivity contribution is 0.303. The van der Waals surface area contributed by atoms with Crippen LogP contribution in [0.25, 0.3) is 5.32 Å². The molecule has 3 aromatic rings. The molecular weight excluding hydrogens is 302 g/mol. The summed E-state index contributed by atoms with van der Waals surface area (Å²) in [6.45, 7) is 0.849. The second kappa shape index (κ2) is 6.91. The van der Waals surface area contributed by atoms with Gasteiger partial charge in [0.15, 0.2) is 0 Å². The van der Waals surface area contributed by atoms with Crippen LogP contribution < -0.4 is 4.74 Å². The van der Waals surface area contributed by atoms with E-state index in [0.717, 1.165) is 16.9 Å². The molecule has 1 aromatic heterocycles. The summed E-state index contributed by atoms with van der Waals surface area (Å²) in [5.74, 6) is 1.04. The Morgan fingerprint density at radius 1 is 1.14 bits per heavy atom. The first kappa shape index (κ1) is 14.3. The summed E-state index contributed by atoms with van der Waals surface area (Å²) in [6.07, 6.45) is 0. The Morgan fingerprint density at radius 3 is 2.77 bits per heavy atom. The predicted octanol–water partition coefficient (Wildman–Crippen LogP) is 3.64. The van der Waals surface area contributed by atoms with Crippen molar-refractivity contribution in [3.05, 3.63) is 70.0 Å². The molecule has 0 amide bonds. The van der Waals surface area contributed by atoms with Crippen LogP contribution in [-0.4, -0.2) is 20.6 Å². The van der Waals surface area contributed by atoms with Crippen molar-refractivity contribution in [2.45, 2.75) is 13.2 Å². The molecule has 0 unspecified atom stereocenters. The molecule has 0 bridgehead atoms. The van der Waals surface area contributed by atoms with E-state index in [1.54, 1.807) is 6.07 Å². The first-order valence-corrected chi connectivity index (χ1v) is 7.05. The van der Waals surface area contributed by atoms with E-state index in [1.165, 1.54) is 0 Å². The zero-order valence-electron chi connectivity index (χ0n) is 11.6. The first-order chi connectivity index (χ1) is 10.8. The normalized spacial score (nSPS) is 10.4. The van der Waals surface area contributed by atoms with E-state index in [1.807, 2.05) is 42.5 Å². The zero-order valence-corrected chi connectivity index (χ0v) is 12.4. The zero-order chi connectivity index (χ0) is 15.2. The Kier molecular flexibility index (Phi) is 4.50. The third kappa shape index (κ3) is 3.73. The molecule has 0 atom stereocenters. The minimum absolute atomic E-state index is 0.300. The highest BCUT2D eigenvalue weighted by atomic mass is 35.5. The summed E-state index contributed by atoms with van der Waals surface area (Å²) in [5, 5.41) is 18.3. The predicted molar refractivity (Wildman–Crippen MR) is 83.1 cm³/mol.